The van der Waals surface area contributed by atoms with Crippen molar-refractivity contribution in [2.24, 2.45) is 23.3 Å². The van der Waals surface area contributed by atoms with Crippen molar-refractivity contribution in [3.05, 3.63) is 60.2 Å². The molecule has 0 saturated carbocycles. The van der Waals surface area contributed by atoms with Gasteiger partial charge in [-0.1, -0.05) is 52.0 Å². The molecule has 328 valence electrons. The van der Waals surface area contributed by atoms with E-state index in [2.05, 4.69) is 31.9 Å². The Balaban J connectivity index is 1.85. The summed E-state index contributed by atoms with van der Waals surface area (Å²) in [7, 11) is 0. The molecule has 18 nitrogen and oxygen atoms in total. The molecule has 2 aromatic carbocycles. The molecule has 2 aromatic rings. The SMILES string of the molecule is CC(C)[C@H](NC(=O)[C@H](CCC(=O)O)NC(=O)[C@@]1(NC(=O)[C@@H](C)NC(=O)[C@@H](N)Cc2cc(I)c(O)c(I)c2)CCc2ccccc2C1)C(=O)N[C@H](C(=O)NCC(N)=O)C(C)C. The first-order chi connectivity index (χ1) is 28.0. The van der Waals surface area contributed by atoms with E-state index in [4.69, 9.17) is 11.5 Å². The fourth-order valence-corrected chi connectivity index (χ4v) is 8.49. The Bertz CT molecular complexity index is 1940. The number of carbonyl (C=O) groups is 8. The van der Waals surface area contributed by atoms with E-state index in [0.717, 1.165) is 11.1 Å². The Morgan fingerprint density at radius 2 is 1.35 bits per heavy atom. The molecular formula is C40H54I2N8O10. The molecule has 7 amide bonds. The maximum atomic E-state index is 14.5. The number of hydrogen-bond donors (Lipinski definition) is 10. The summed E-state index contributed by atoms with van der Waals surface area (Å²) < 4.78 is 1.17. The number of fused-ring (bicyclic) bond motifs is 1. The molecule has 3 rings (SSSR count). The lowest BCUT2D eigenvalue weighted by atomic mass is 9.76. The highest BCUT2D eigenvalue weighted by molar-refractivity contribution is 14.1. The van der Waals surface area contributed by atoms with Gasteiger partial charge in [0, 0.05) is 12.8 Å². The zero-order valence-electron chi connectivity index (χ0n) is 34.0. The molecule has 1 aliphatic rings. The molecule has 60 heavy (non-hydrogen) atoms. The number of aliphatic carboxylic acids is 1. The Kier molecular flexibility index (Phi) is 18.5. The van der Waals surface area contributed by atoms with Gasteiger partial charge in [-0.3, -0.25) is 38.4 Å². The van der Waals surface area contributed by atoms with Crippen molar-refractivity contribution in [2.75, 3.05) is 6.54 Å². The van der Waals surface area contributed by atoms with Crippen LogP contribution >= 0.6 is 45.2 Å². The van der Waals surface area contributed by atoms with Gasteiger partial charge in [0.25, 0.3) is 0 Å². The predicted octanol–water partition coefficient (Wildman–Crippen LogP) is 0.253. The quantitative estimate of drug-likeness (QED) is 0.0803. The van der Waals surface area contributed by atoms with Gasteiger partial charge in [0.2, 0.25) is 41.4 Å². The van der Waals surface area contributed by atoms with Gasteiger partial charge in [-0.15, -0.1) is 0 Å². The first-order valence-electron chi connectivity index (χ1n) is 19.4. The van der Waals surface area contributed by atoms with Crippen LogP contribution in [0.4, 0.5) is 0 Å². The standard InChI is InChI=1S/C40H54I2N8O10/c1-19(2)31(37(58)45-18-29(44)51)49-38(59)32(20(3)4)48-36(57)28(10-11-30(52)53)47-39(60)40(13-12-23-8-6-7-9-24(23)17-40)50-34(55)21(5)46-35(56)27(43)16-22-14-25(41)33(54)26(42)15-22/h6-9,14-15,19-21,27-28,31-32,54H,10-13,16-18,43H2,1-5H3,(H2,44,51)(H,45,58)(H,46,56)(H,47,60)(H,48,57)(H,49,59)(H,50,55)(H,52,53)/t21-,27+,28+,31+,32+,40-/m1/s1. The van der Waals surface area contributed by atoms with E-state index in [1.54, 1.807) is 52.0 Å². The van der Waals surface area contributed by atoms with Crippen molar-refractivity contribution < 1.29 is 48.6 Å². The lowest BCUT2D eigenvalue weighted by molar-refractivity contribution is -0.140. The van der Waals surface area contributed by atoms with Gasteiger partial charge in [-0.25, -0.2) is 0 Å². The number of nitrogens with two attached hydrogens (primary N) is 2. The first kappa shape index (κ1) is 49.8. The summed E-state index contributed by atoms with van der Waals surface area (Å²) in [5.74, 6) is -7.37. The van der Waals surface area contributed by atoms with E-state index in [1.165, 1.54) is 6.92 Å². The summed E-state index contributed by atoms with van der Waals surface area (Å²) >= 11 is 3.94. The molecule has 1 aliphatic carbocycles. The number of carboxylic acid groups (broad SMARTS) is 1. The monoisotopic (exact) mass is 1060 g/mol. The van der Waals surface area contributed by atoms with Crippen LogP contribution in [0, 0.1) is 19.0 Å². The molecule has 0 bridgehead atoms. The largest absolute Gasteiger partial charge is 0.506 e. The maximum absolute atomic E-state index is 14.5. The molecule has 6 atom stereocenters. The smallest absolute Gasteiger partial charge is 0.303 e. The number of carbonyl (C=O) groups excluding carboxylic acids is 7. The molecule has 0 spiro atoms. The molecule has 0 saturated heterocycles. The third-order valence-electron chi connectivity index (χ3n) is 10.0. The minimum absolute atomic E-state index is 0.00223. The lowest BCUT2D eigenvalue weighted by Gasteiger charge is -2.39. The number of aryl methyl sites for hydroxylation is 1. The van der Waals surface area contributed by atoms with E-state index in [9.17, 15) is 48.6 Å². The highest BCUT2D eigenvalue weighted by Crippen LogP contribution is 2.30. The topological polar surface area (TPSA) is 301 Å². The molecule has 0 fully saturated rings. The molecule has 0 aliphatic heterocycles. The average molecular weight is 1060 g/mol. The Hall–Kier alpha value is -4.58. The van der Waals surface area contributed by atoms with Crippen molar-refractivity contribution >= 4 is 92.5 Å². The van der Waals surface area contributed by atoms with E-state index in [-0.39, 0.29) is 31.4 Å². The minimum atomic E-state index is -1.66. The zero-order chi connectivity index (χ0) is 45.1. The molecule has 0 unspecified atom stereocenters. The van der Waals surface area contributed by atoms with Gasteiger partial charge in [-0.2, -0.15) is 0 Å². The van der Waals surface area contributed by atoms with Crippen LogP contribution in [-0.2, 0) is 57.6 Å². The van der Waals surface area contributed by atoms with Gasteiger partial charge in [0.05, 0.1) is 19.7 Å². The summed E-state index contributed by atoms with van der Waals surface area (Å²) in [6, 6.07) is 4.64. The first-order valence-corrected chi connectivity index (χ1v) is 21.5. The normalized spacial score (nSPS) is 17.2. The number of amides is 7. The summed E-state index contributed by atoms with van der Waals surface area (Å²) in [6.45, 7) is 7.58. The molecule has 12 N–H and O–H groups in total. The minimum Gasteiger partial charge on any atom is -0.506 e. The number of hydrogen-bond acceptors (Lipinski definition) is 10. The fourth-order valence-electron chi connectivity index (χ4n) is 6.59. The number of primary amides is 1. The summed E-state index contributed by atoms with van der Waals surface area (Å²) in [6.07, 6.45) is -0.380. The van der Waals surface area contributed by atoms with Gasteiger partial charge >= 0.3 is 5.97 Å². The van der Waals surface area contributed by atoms with Crippen molar-refractivity contribution in [1.29, 1.82) is 0 Å². The zero-order valence-corrected chi connectivity index (χ0v) is 38.3. The van der Waals surface area contributed by atoms with Crippen molar-refractivity contribution in [3.63, 3.8) is 0 Å². The number of rotatable bonds is 20. The number of carboxylic acids is 1. The number of nitrogens with one attached hydrogen (secondary N) is 6. The maximum Gasteiger partial charge on any atom is 0.303 e. The number of phenols is 1. The molecule has 20 heteroatoms. The van der Waals surface area contributed by atoms with Crippen LogP contribution in [0.1, 0.15) is 70.6 Å². The Labute approximate surface area is 375 Å². The van der Waals surface area contributed by atoms with Crippen LogP contribution in [0.15, 0.2) is 36.4 Å². The Morgan fingerprint density at radius 1 is 0.783 bits per heavy atom. The highest BCUT2D eigenvalue weighted by Gasteiger charge is 2.45. The van der Waals surface area contributed by atoms with Crippen LogP contribution in [0.25, 0.3) is 0 Å². The molecule has 0 aromatic heterocycles. The number of phenolic OH excluding ortho intramolecular Hbond substituents is 1. The lowest BCUT2D eigenvalue weighted by Crippen LogP contribution is -2.66. The molecule has 0 heterocycles. The summed E-state index contributed by atoms with van der Waals surface area (Å²) in [4.78, 5) is 105. The summed E-state index contributed by atoms with van der Waals surface area (Å²) in [5, 5.41) is 35.3. The fraction of sp³-hybridized carbons (Fsp3) is 0.500. The Morgan fingerprint density at radius 3 is 1.92 bits per heavy atom. The van der Waals surface area contributed by atoms with Crippen molar-refractivity contribution in [2.45, 2.75) is 109 Å². The second-order valence-corrected chi connectivity index (χ2v) is 17.9. The van der Waals surface area contributed by atoms with Crippen LogP contribution < -0.4 is 43.4 Å². The predicted molar refractivity (Wildman–Crippen MR) is 237 cm³/mol. The second kappa shape index (κ2) is 22.3. The van der Waals surface area contributed by atoms with E-state index in [0.29, 0.717) is 19.1 Å². The van der Waals surface area contributed by atoms with Crippen LogP contribution in [0.3, 0.4) is 0 Å². The number of halogens is 2. The van der Waals surface area contributed by atoms with Crippen molar-refractivity contribution in [1.82, 2.24) is 31.9 Å². The number of aromatic hydroxyl groups is 1. The third kappa shape index (κ3) is 14.0. The molecular weight excluding hydrogens is 1010 g/mol. The van der Waals surface area contributed by atoms with Crippen molar-refractivity contribution in [3.8, 4) is 5.75 Å². The molecule has 0 radical (unpaired) electrons. The van der Waals surface area contributed by atoms with Gasteiger partial charge in [0.15, 0.2) is 0 Å². The average Bonchev–Trinajstić information content (AvgIpc) is 3.17. The van der Waals surface area contributed by atoms with E-state index < -0.39 is 108 Å². The number of benzene rings is 2. The van der Waals surface area contributed by atoms with Crippen LogP contribution in [0.5, 0.6) is 5.75 Å². The van der Waals surface area contributed by atoms with E-state index >= 15 is 0 Å². The van der Waals surface area contributed by atoms with Crippen LogP contribution in [0.2, 0.25) is 0 Å². The van der Waals surface area contributed by atoms with Crippen LogP contribution in [-0.4, -0.2) is 99.8 Å². The second-order valence-electron chi connectivity index (χ2n) is 15.6. The van der Waals surface area contributed by atoms with Gasteiger partial charge in [0.1, 0.15) is 35.5 Å². The third-order valence-corrected chi connectivity index (χ3v) is 11.7. The summed E-state index contributed by atoms with van der Waals surface area (Å²) in [5.41, 5.74) is 12.1. The van der Waals surface area contributed by atoms with E-state index in [1.807, 2.05) is 57.3 Å². The van der Waals surface area contributed by atoms with Gasteiger partial charge in [-0.05, 0) is 118 Å². The highest BCUT2D eigenvalue weighted by atomic mass is 127. The van der Waals surface area contributed by atoms with Gasteiger partial charge < -0.3 is 53.6 Å².